The van der Waals surface area contributed by atoms with Crippen LogP contribution in [-0.4, -0.2) is 23.6 Å². The van der Waals surface area contributed by atoms with Crippen LogP contribution in [0.1, 0.15) is 23.9 Å². The molecule has 1 atom stereocenters. The maximum Gasteiger partial charge on any atom is 0.159 e. The Kier molecular flexibility index (Phi) is 5.02. The number of halogens is 1. The number of nitrogens with one attached hydrogen (secondary N) is 1. The van der Waals surface area contributed by atoms with Crippen LogP contribution in [0.4, 0.5) is 4.39 Å². The van der Waals surface area contributed by atoms with Crippen LogP contribution in [0.25, 0.3) is 11.4 Å². The molecule has 3 nitrogen and oxygen atoms in total. The van der Waals surface area contributed by atoms with E-state index in [4.69, 9.17) is 0 Å². The van der Waals surface area contributed by atoms with E-state index in [0.29, 0.717) is 11.7 Å². The number of aromatic nitrogens is 2. The molecule has 0 spiro atoms. The Bertz CT molecular complexity index is 585. The predicted molar refractivity (Wildman–Crippen MR) is 83.7 cm³/mol. The first-order valence-electron chi connectivity index (χ1n) is 7.26. The van der Waals surface area contributed by atoms with Crippen LogP contribution in [0.2, 0.25) is 0 Å². The summed E-state index contributed by atoms with van der Waals surface area (Å²) in [6.45, 7) is 7.22. The van der Waals surface area contributed by atoms with Gasteiger partial charge in [-0.2, -0.15) is 0 Å². The Morgan fingerprint density at radius 1 is 1.10 bits per heavy atom. The predicted octanol–water partition coefficient (Wildman–Crippen LogP) is 3.30. The van der Waals surface area contributed by atoms with Gasteiger partial charge in [0.05, 0.1) is 0 Å². The first-order chi connectivity index (χ1) is 10.0. The van der Waals surface area contributed by atoms with Gasteiger partial charge in [0.25, 0.3) is 0 Å². The average Bonchev–Trinajstić information content (AvgIpc) is 2.44. The molecule has 21 heavy (non-hydrogen) atoms. The summed E-state index contributed by atoms with van der Waals surface area (Å²) >= 11 is 0. The van der Waals surface area contributed by atoms with Crippen LogP contribution in [0.5, 0.6) is 0 Å². The highest BCUT2D eigenvalue weighted by Crippen LogP contribution is 2.21. The minimum Gasteiger partial charge on any atom is -0.319 e. The third-order valence-corrected chi connectivity index (χ3v) is 3.63. The maximum atomic E-state index is 13.0. The van der Waals surface area contributed by atoms with Crippen LogP contribution < -0.4 is 5.32 Å². The van der Waals surface area contributed by atoms with Gasteiger partial charge in [-0.1, -0.05) is 6.92 Å². The number of nitrogens with zero attached hydrogens (tertiary/aromatic N) is 2. The van der Waals surface area contributed by atoms with Gasteiger partial charge in [-0.15, -0.1) is 0 Å². The van der Waals surface area contributed by atoms with E-state index in [1.54, 1.807) is 12.1 Å². The second kappa shape index (κ2) is 6.76. The summed E-state index contributed by atoms with van der Waals surface area (Å²) in [5, 5.41) is 3.19. The Morgan fingerprint density at radius 2 is 1.67 bits per heavy atom. The fraction of sp³-hybridized carbons (Fsp3) is 0.412. The summed E-state index contributed by atoms with van der Waals surface area (Å²) in [5.74, 6) is 0.951. The van der Waals surface area contributed by atoms with Gasteiger partial charge in [0.1, 0.15) is 5.82 Å². The van der Waals surface area contributed by atoms with Gasteiger partial charge >= 0.3 is 0 Å². The van der Waals surface area contributed by atoms with Crippen LogP contribution >= 0.6 is 0 Å². The van der Waals surface area contributed by atoms with Gasteiger partial charge in [-0.25, -0.2) is 14.4 Å². The molecule has 1 aromatic heterocycles. The van der Waals surface area contributed by atoms with E-state index in [1.807, 2.05) is 20.9 Å². The second-order valence-corrected chi connectivity index (χ2v) is 5.57. The van der Waals surface area contributed by atoms with Crippen molar-refractivity contribution in [1.29, 1.82) is 0 Å². The van der Waals surface area contributed by atoms with Crippen molar-refractivity contribution in [2.24, 2.45) is 5.92 Å². The molecule has 0 aliphatic carbocycles. The smallest absolute Gasteiger partial charge is 0.159 e. The monoisotopic (exact) mass is 287 g/mol. The van der Waals surface area contributed by atoms with Crippen molar-refractivity contribution in [1.82, 2.24) is 15.3 Å². The molecule has 0 saturated carbocycles. The second-order valence-electron chi connectivity index (χ2n) is 5.57. The van der Waals surface area contributed by atoms with Crippen LogP contribution in [0, 0.1) is 25.6 Å². The summed E-state index contributed by atoms with van der Waals surface area (Å²) < 4.78 is 13.0. The molecule has 1 aromatic carbocycles. The minimum absolute atomic E-state index is 0.246. The molecule has 4 heteroatoms. The van der Waals surface area contributed by atoms with Gasteiger partial charge in [0.15, 0.2) is 5.82 Å². The summed E-state index contributed by atoms with van der Waals surface area (Å²) in [6, 6.07) is 6.30. The number of benzene rings is 1. The SMILES string of the molecule is CNCC(C)Cc1c(C)nc(-c2ccc(F)cc2)nc1C. The van der Waals surface area contributed by atoms with E-state index in [2.05, 4.69) is 22.2 Å². The number of hydrogen-bond donors (Lipinski definition) is 1. The summed E-state index contributed by atoms with van der Waals surface area (Å²) in [6.07, 6.45) is 0.961. The highest BCUT2D eigenvalue weighted by molar-refractivity contribution is 5.55. The summed E-state index contributed by atoms with van der Waals surface area (Å²) in [4.78, 5) is 9.19. The van der Waals surface area contributed by atoms with Crippen molar-refractivity contribution in [3.63, 3.8) is 0 Å². The van der Waals surface area contributed by atoms with Gasteiger partial charge < -0.3 is 5.32 Å². The first kappa shape index (κ1) is 15.6. The fourth-order valence-electron chi connectivity index (χ4n) is 2.53. The van der Waals surface area contributed by atoms with E-state index >= 15 is 0 Å². The van der Waals surface area contributed by atoms with E-state index in [1.165, 1.54) is 17.7 Å². The molecule has 112 valence electrons. The molecule has 1 heterocycles. The number of hydrogen-bond acceptors (Lipinski definition) is 3. The van der Waals surface area contributed by atoms with Crippen molar-refractivity contribution in [2.45, 2.75) is 27.2 Å². The van der Waals surface area contributed by atoms with Crippen molar-refractivity contribution in [3.05, 3.63) is 47.0 Å². The zero-order chi connectivity index (χ0) is 15.4. The number of rotatable bonds is 5. The number of aryl methyl sites for hydroxylation is 2. The van der Waals surface area contributed by atoms with E-state index < -0.39 is 0 Å². The molecule has 0 amide bonds. The average molecular weight is 287 g/mol. The van der Waals surface area contributed by atoms with Crippen LogP contribution in [0.3, 0.4) is 0 Å². The van der Waals surface area contributed by atoms with Gasteiger partial charge in [0.2, 0.25) is 0 Å². The highest BCUT2D eigenvalue weighted by Gasteiger charge is 2.12. The van der Waals surface area contributed by atoms with E-state index in [0.717, 1.165) is 29.9 Å². The van der Waals surface area contributed by atoms with Gasteiger partial charge in [-0.3, -0.25) is 0 Å². The zero-order valence-electron chi connectivity index (χ0n) is 13.1. The largest absolute Gasteiger partial charge is 0.319 e. The maximum absolute atomic E-state index is 13.0. The van der Waals surface area contributed by atoms with Crippen molar-refractivity contribution < 1.29 is 4.39 Å². The van der Waals surface area contributed by atoms with Crippen LogP contribution in [0.15, 0.2) is 24.3 Å². The fourth-order valence-corrected chi connectivity index (χ4v) is 2.53. The molecule has 0 fully saturated rings. The Labute approximate surface area is 125 Å². The first-order valence-corrected chi connectivity index (χ1v) is 7.26. The lowest BCUT2D eigenvalue weighted by atomic mass is 9.98. The molecule has 0 radical (unpaired) electrons. The molecule has 2 rings (SSSR count). The standard InChI is InChI=1S/C17H22FN3/c1-11(10-19-4)9-16-12(2)20-17(21-13(16)3)14-5-7-15(18)8-6-14/h5-8,11,19H,9-10H2,1-4H3. The molecular weight excluding hydrogens is 265 g/mol. The Balaban J connectivity index is 2.30. The Hall–Kier alpha value is -1.81. The third kappa shape index (κ3) is 3.85. The van der Waals surface area contributed by atoms with Crippen molar-refractivity contribution in [3.8, 4) is 11.4 Å². The quantitative estimate of drug-likeness (QED) is 0.917. The van der Waals surface area contributed by atoms with Gasteiger partial charge in [0, 0.05) is 17.0 Å². The van der Waals surface area contributed by atoms with E-state index in [9.17, 15) is 4.39 Å². The molecule has 0 saturated heterocycles. The lowest BCUT2D eigenvalue weighted by molar-refractivity contribution is 0.537. The molecular formula is C17H22FN3. The molecule has 1 unspecified atom stereocenters. The molecule has 0 aliphatic heterocycles. The lowest BCUT2D eigenvalue weighted by Gasteiger charge is -2.15. The lowest BCUT2D eigenvalue weighted by Crippen LogP contribution is -2.19. The van der Waals surface area contributed by atoms with Crippen LogP contribution in [-0.2, 0) is 6.42 Å². The molecule has 0 aliphatic rings. The third-order valence-electron chi connectivity index (χ3n) is 3.63. The minimum atomic E-state index is -0.246. The highest BCUT2D eigenvalue weighted by atomic mass is 19.1. The molecule has 0 bridgehead atoms. The zero-order valence-corrected chi connectivity index (χ0v) is 13.1. The Morgan fingerprint density at radius 3 is 2.19 bits per heavy atom. The van der Waals surface area contributed by atoms with Crippen molar-refractivity contribution >= 4 is 0 Å². The van der Waals surface area contributed by atoms with E-state index in [-0.39, 0.29) is 5.82 Å². The topological polar surface area (TPSA) is 37.8 Å². The normalized spacial score (nSPS) is 12.4. The summed E-state index contributed by atoms with van der Waals surface area (Å²) in [5.41, 5.74) is 4.07. The van der Waals surface area contributed by atoms with Gasteiger partial charge in [-0.05, 0) is 69.6 Å². The molecule has 1 N–H and O–H groups in total. The van der Waals surface area contributed by atoms with Crippen molar-refractivity contribution in [2.75, 3.05) is 13.6 Å². The molecule has 2 aromatic rings. The summed E-state index contributed by atoms with van der Waals surface area (Å²) in [7, 11) is 1.96.